The van der Waals surface area contributed by atoms with Crippen LogP contribution in [0.5, 0.6) is 0 Å². The summed E-state index contributed by atoms with van der Waals surface area (Å²) in [5.74, 6) is 0. The van der Waals surface area contributed by atoms with Crippen molar-refractivity contribution >= 4 is 46.4 Å². The van der Waals surface area contributed by atoms with E-state index in [1.165, 1.54) is 21.5 Å². The second kappa shape index (κ2) is 9.17. The maximum Gasteiger partial charge on any atom is 0.116 e. The van der Waals surface area contributed by atoms with Crippen molar-refractivity contribution in [2.24, 2.45) is 0 Å². The fraction of sp³-hybridized carbons (Fsp3) is 0.143. The quantitative estimate of drug-likeness (QED) is 0.270. The molecule has 0 unspecified atom stereocenters. The van der Waals surface area contributed by atoms with Gasteiger partial charge in [0.05, 0.1) is 6.16 Å². The summed E-state index contributed by atoms with van der Waals surface area (Å²) >= 11 is 13.5. The smallest absolute Gasteiger partial charge is 0.0837 e. The maximum atomic E-state index is 6.75. The topological polar surface area (TPSA) is 0 Å². The summed E-state index contributed by atoms with van der Waals surface area (Å²) in [5, 5.41) is 5.63. The van der Waals surface area contributed by atoms with Gasteiger partial charge in [0.15, 0.2) is 0 Å². The van der Waals surface area contributed by atoms with Crippen LogP contribution < -0.4 is 15.9 Å². The van der Waals surface area contributed by atoms with Gasteiger partial charge in [0.2, 0.25) is 0 Å². The highest BCUT2D eigenvalue weighted by atomic mass is 35.5. The Bertz CT molecular complexity index is 1060. The Balaban J connectivity index is 2.08. The molecule has 4 aromatic rings. The minimum absolute atomic E-state index is 0.776. The van der Waals surface area contributed by atoms with Gasteiger partial charge in [-0.1, -0.05) is 77.8 Å². The van der Waals surface area contributed by atoms with Crippen LogP contribution in [0.1, 0.15) is 22.3 Å². The van der Waals surface area contributed by atoms with Crippen molar-refractivity contribution in [2.45, 2.75) is 26.9 Å². The van der Waals surface area contributed by atoms with E-state index >= 15 is 0 Å². The lowest BCUT2D eigenvalue weighted by molar-refractivity contribution is 1.20. The van der Waals surface area contributed by atoms with E-state index in [1.54, 1.807) is 0 Å². The van der Waals surface area contributed by atoms with Crippen LogP contribution in [0.2, 0.25) is 10.0 Å². The minimum atomic E-state index is -2.00. The molecule has 0 bridgehead atoms. The van der Waals surface area contributed by atoms with Gasteiger partial charge in [-0.15, -0.1) is 0 Å². The van der Waals surface area contributed by atoms with E-state index in [4.69, 9.17) is 23.2 Å². The van der Waals surface area contributed by atoms with Crippen LogP contribution in [0.3, 0.4) is 0 Å². The fourth-order valence-electron chi connectivity index (χ4n) is 4.45. The van der Waals surface area contributed by atoms with E-state index in [-0.39, 0.29) is 0 Å². The normalized spacial score (nSPS) is 11.5. The monoisotopic (exact) mass is 463 g/mol. The molecule has 0 aliphatic heterocycles. The Labute approximate surface area is 196 Å². The zero-order chi connectivity index (χ0) is 22.0. The third-order valence-electron chi connectivity index (χ3n) is 6.21. The average molecular weight is 464 g/mol. The predicted octanol–water partition coefficient (Wildman–Crippen LogP) is 7.41. The van der Waals surface area contributed by atoms with Gasteiger partial charge in [-0.3, -0.25) is 0 Å². The molecule has 0 fully saturated rings. The first-order chi connectivity index (χ1) is 15.0. The molecule has 0 saturated carbocycles. The lowest BCUT2D eigenvalue weighted by atomic mass is 10.0. The SMILES string of the molecule is Cc1c(Cl)c(C)c(C[P+](c2ccccc2)(c2ccccc2)c2ccccc2)c(C)c1Cl. The molecule has 4 aromatic carbocycles. The summed E-state index contributed by atoms with van der Waals surface area (Å²) in [4.78, 5) is 0. The van der Waals surface area contributed by atoms with E-state index < -0.39 is 7.26 Å². The number of hydrogen-bond donors (Lipinski definition) is 0. The zero-order valence-electron chi connectivity index (χ0n) is 18.1. The first-order valence-electron chi connectivity index (χ1n) is 10.5. The molecule has 31 heavy (non-hydrogen) atoms. The lowest BCUT2D eigenvalue weighted by Crippen LogP contribution is -2.32. The highest BCUT2D eigenvalue weighted by molar-refractivity contribution is 7.95. The van der Waals surface area contributed by atoms with Gasteiger partial charge < -0.3 is 0 Å². The van der Waals surface area contributed by atoms with E-state index in [2.05, 4.69) is 105 Å². The van der Waals surface area contributed by atoms with E-state index in [1.807, 2.05) is 6.92 Å². The molecule has 0 spiro atoms. The first kappa shape index (κ1) is 22.1. The standard InChI is InChI=1S/C28H26Cl2P/c1-20-26(21(2)28(30)22(3)27(20)29)19-31(23-13-7-4-8-14-23,24-15-9-5-10-16-24)25-17-11-6-12-18-25/h4-18H,19H2,1-3H3/q+1. The molecule has 0 heterocycles. The number of rotatable bonds is 5. The van der Waals surface area contributed by atoms with Crippen molar-refractivity contribution < 1.29 is 0 Å². The molecule has 0 N–H and O–H groups in total. The Morgan fingerprint density at radius 2 is 0.839 bits per heavy atom. The van der Waals surface area contributed by atoms with Gasteiger partial charge in [-0.2, -0.15) is 0 Å². The maximum absolute atomic E-state index is 6.75. The van der Waals surface area contributed by atoms with Gasteiger partial charge in [0.1, 0.15) is 23.2 Å². The second-order valence-electron chi connectivity index (χ2n) is 7.96. The minimum Gasteiger partial charge on any atom is -0.0837 e. The van der Waals surface area contributed by atoms with E-state index in [9.17, 15) is 0 Å². The molecule has 0 aliphatic carbocycles. The molecule has 4 rings (SSSR count). The van der Waals surface area contributed by atoms with Gasteiger partial charge in [0.25, 0.3) is 0 Å². The molecule has 156 valence electrons. The van der Waals surface area contributed by atoms with Gasteiger partial charge in [-0.05, 0) is 79.4 Å². The summed E-state index contributed by atoms with van der Waals surface area (Å²) < 4.78 is 0. The number of halogens is 2. The molecule has 0 saturated heterocycles. The van der Waals surface area contributed by atoms with Crippen LogP contribution in [0, 0.1) is 20.8 Å². The van der Waals surface area contributed by atoms with Crippen molar-refractivity contribution in [1.29, 1.82) is 0 Å². The lowest BCUT2D eigenvalue weighted by Gasteiger charge is -2.29. The summed E-state index contributed by atoms with van der Waals surface area (Å²) in [6.45, 7) is 6.26. The highest BCUT2D eigenvalue weighted by Crippen LogP contribution is 2.59. The van der Waals surface area contributed by atoms with Crippen LogP contribution >= 0.6 is 30.5 Å². The summed E-state index contributed by atoms with van der Waals surface area (Å²) in [6, 6.07) is 32.8. The molecule has 0 aliphatic rings. The van der Waals surface area contributed by atoms with Gasteiger partial charge >= 0.3 is 0 Å². The molecule has 0 amide bonds. The van der Waals surface area contributed by atoms with Crippen LogP contribution in [0.15, 0.2) is 91.0 Å². The summed E-state index contributed by atoms with van der Waals surface area (Å²) in [6.07, 6.45) is 0.877. The first-order valence-corrected chi connectivity index (χ1v) is 13.2. The summed E-state index contributed by atoms with van der Waals surface area (Å²) in [5.41, 5.74) is 4.48. The molecule has 0 aromatic heterocycles. The van der Waals surface area contributed by atoms with Crippen LogP contribution in [0.4, 0.5) is 0 Å². The number of hydrogen-bond acceptors (Lipinski definition) is 0. The molecule has 0 atom stereocenters. The molecule has 0 radical (unpaired) electrons. The van der Waals surface area contributed by atoms with E-state index in [0.29, 0.717) is 0 Å². The Morgan fingerprint density at radius 1 is 0.516 bits per heavy atom. The van der Waals surface area contributed by atoms with Crippen molar-refractivity contribution in [3.05, 3.63) is 123 Å². The third kappa shape index (κ3) is 3.94. The van der Waals surface area contributed by atoms with E-state index in [0.717, 1.165) is 32.9 Å². The van der Waals surface area contributed by atoms with Crippen LogP contribution in [-0.4, -0.2) is 0 Å². The molecule has 0 nitrogen and oxygen atoms in total. The Kier molecular flexibility index (Phi) is 6.54. The molecular weight excluding hydrogens is 438 g/mol. The van der Waals surface area contributed by atoms with Crippen molar-refractivity contribution in [1.82, 2.24) is 0 Å². The van der Waals surface area contributed by atoms with Crippen molar-refractivity contribution in [3.63, 3.8) is 0 Å². The largest absolute Gasteiger partial charge is 0.116 e. The van der Waals surface area contributed by atoms with Crippen molar-refractivity contribution in [2.75, 3.05) is 0 Å². The third-order valence-corrected chi connectivity index (χ3v) is 11.7. The highest BCUT2D eigenvalue weighted by Gasteiger charge is 2.46. The Morgan fingerprint density at radius 3 is 1.16 bits per heavy atom. The van der Waals surface area contributed by atoms with Gasteiger partial charge in [0, 0.05) is 10.0 Å². The fourth-order valence-corrected chi connectivity index (χ4v) is 9.35. The molecule has 3 heteroatoms. The molecular formula is C28H26Cl2P+. The van der Waals surface area contributed by atoms with Gasteiger partial charge in [-0.25, -0.2) is 0 Å². The predicted molar refractivity (Wildman–Crippen MR) is 140 cm³/mol. The summed E-state index contributed by atoms with van der Waals surface area (Å²) in [7, 11) is -2.00. The Hall–Kier alpha value is -2.11. The van der Waals surface area contributed by atoms with Crippen molar-refractivity contribution in [3.8, 4) is 0 Å². The number of benzene rings is 4. The average Bonchev–Trinajstić information content (AvgIpc) is 2.83. The zero-order valence-corrected chi connectivity index (χ0v) is 20.5. The van der Waals surface area contributed by atoms with Crippen LogP contribution in [-0.2, 0) is 6.16 Å². The van der Waals surface area contributed by atoms with Crippen LogP contribution in [0.25, 0.3) is 0 Å². The second-order valence-corrected chi connectivity index (χ2v) is 12.2.